The van der Waals surface area contributed by atoms with E-state index in [4.69, 9.17) is 0 Å². The molecule has 1 aliphatic rings. The van der Waals surface area contributed by atoms with Crippen molar-refractivity contribution < 1.29 is 9.90 Å². The zero-order valence-corrected chi connectivity index (χ0v) is 10.8. The van der Waals surface area contributed by atoms with Crippen LogP contribution in [0.3, 0.4) is 0 Å². The van der Waals surface area contributed by atoms with Gasteiger partial charge in [0.2, 0.25) is 0 Å². The highest BCUT2D eigenvalue weighted by Gasteiger charge is 2.25. The minimum absolute atomic E-state index is 0.0621. The van der Waals surface area contributed by atoms with Crippen LogP contribution in [0.1, 0.15) is 10.4 Å². The molecule has 0 unspecified atom stereocenters. The first kappa shape index (κ1) is 12.6. The third-order valence-corrected chi connectivity index (χ3v) is 3.32. The molecule has 20 heavy (non-hydrogen) atoms. The second kappa shape index (κ2) is 5.26. The van der Waals surface area contributed by atoms with Crippen LogP contribution in [-0.2, 0) is 0 Å². The summed E-state index contributed by atoms with van der Waals surface area (Å²) in [5, 5.41) is 16.8. The number of aromatic nitrogens is 3. The Balaban J connectivity index is 1.87. The Bertz CT molecular complexity index is 636. The summed E-state index contributed by atoms with van der Waals surface area (Å²) in [6.07, 6.45) is 6.90. The SMILES string of the molecule is O=C(c1cccc(-n2cnnc2)c1)N1CC=C[C@@H]1CO. The number of aliphatic hydroxyl groups excluding tert-OH is 1. The number of benzene rings is 1. The van der Waals surface area contributed by atoms with Gasteiger partial charge in [0.25, 0.3) is 5.91 Å². The average Bonchev–Trinajstić information content (AvgIpc) is 3.17. The normalized spacial score (nSPS) is 17.6. The van der Waals surface area contributed by atoms with Gasteiger partial charge < -0.3 is 10.0 Å². The van der Waals surface area contributed by atoms with E-state index in [0.29, 0.717) is 12.1 Å². The van der Waals surface area contributed by atoms with E-state index in [1.54, 1.807) is 34.3 Å². The highest BCUT2D eigenvalue weighted by atomic mass is 16.3. The van der Waals surface area contributed by atoms with E-state index in [0.717, 1.165) is 5.69 Å². The van der Waals surface area contributed by atoms with Crippen molar-refractivity contribution >= 4 is 5.91 Å². The molecule has 0 saturated carbocycles. The maximum Gasteiger partial charge on any atom is 0.254 e. The lowest BCUT2D eigenvalue weighted by Gasteiger charge is -2.23. The molecule has 0 radical (unpaired) electrons. The lowest BCUT2D eigenvalue weighted by atomic mass is 10.1. The van der Waals surface area contributed by atoms with Crippen LogP contribution in [0.4, 0.5) is 0 Å². The summed E-state index contributed by atoms with van der Waals surface area (Å²) >= 11 is 0. The minimum Gasteiger partial charge on any atom is -0.394 e. The molecule has 1 aromatic heterocycles. The van der Waals surface area contributed by atoms with E-state index < -0.39 is 0 Å². The zero-order valence-electron chi connectivity index (χ0n) is 10.8. The van der Waals surface area contributed by atoms with Crippen molar-refractivity contribution in [3.05, 3.63) is 54.6 Å². The third kappa shape index (κ3) is 2.21. The summed E-state index contributed by atoms with van der Waals surface area (Å²) in [4.78, 5) is 14.1. The highest BCUT2D eigenvalue weighted by Crippen LogP contribution is 2.16. The molecule has 3 rings (SSSR count). The lowest BCUT2D eigenvalue weighted by Crippen LogP contribution is -2.38. The number of aliphatic hydroxyl groups is 1. The first-order valence-corrected chi connectivity index (χ1v) is 6.33. The predicted molar refractivity (Wildman–Crippen MR) is 72.4 cm³/mol. The first-order chi connectivity index (χ1) is 9.79. The van der Waals surface area contributed by atoms with Crippen molar-refractivity contribution in [1.29, 1.82) is 0 Å². The van der Waals surface area contributed by atoms with Crippen LogP contribution in [-0.4, -0.2) is 49.9 Å². The lowest BCUT2D eigenvalue weighted by molar-refractivity contribution is 0.0700. The summed E-state index contributed by atoms with van der Waals surface area (Å²) in [7, 11) is 0. The molecule has 1 atom stereocenters. The van der Waals surface area contributed by atoms with Crippen LogP contribution in [0.2, 0.25) is 0 Å². The topological polar surface area (TPSA) is 71.2 Å². The van der Waals surface area contributed by atoms with E-state index in [1.165, 1.54) is 0 Å². The van der Waals surface area contributed by atoms with Gasteiger partial charge in [-0.25, -0.2) is 0 Å². The van der Waals surface area contributed by atoms with Gasteiger partial charge in [-0.3, -0.25) is 9.36 Å². The zero-order chi connectivity index (χ0) is 13.9. The molecule has 2 heterocycles. The van der Waals surface area contributed by atoms with Crippen molar-refractivity contribution in [2.75, 3.05) is 13.2 Å². The first-order valence-electron chi connectivity index (χ1n) is 6.33. The number of carbonyl (C=O) groups is 1. The van der Waals surface area contributed by atoms with Crippen LogP contribution in [0.15, 0.2) is 49.1 Å². The second-order valence-corrected chi connectivity index (χ2v) is 4.56. The number of hydrogen-bond acceptors (Lipinski definition) is 4. The number of amides is 1. The Kier molecular flexibility index (Phi) is 3.30. The van der Waals surface area contributed by atoms with E-state index in [9.17, 15) is 9.90 Å². The predicted octanol–water partition coefficient (Wildman–Crippen LogP) is 0.640. The highest BCUT2D eigenvalue weighted by molar-refractivity contribution is 5.95. The molecule has 0 fully saturated rings. The minimum atomic E-state index is -0.235. The molecule has 2 aromatic rings. The molecular formula is C14H14N4O2. The monoisotopic (exact) mass is 270 g/mol. The fourth-order valence-electron chi connectivity index (χ4n) is 2.26. The van der Waals surface area contributed by atoms with Gasteiger partial charge in [-0.15, -0.1) is 10.2 Å². The summed E-state index contributed by atoms with van der Waals surface area (Å²) in [6, 6.07) is 7.02. The molecule has 102 valence electrons. The van der Waals surface area contributed by atoms with Crippen molar-refractivity contribution in [2.24, 2.45) is 0 Å². The van der Waals surface area contributed by atoms with Crippen LogP contribution in [0.5, 0.6) is 0 Å². The molecule has 1 aliphatic heterocycles. The van der Waals surface area contributed by atoms with E-state index in [-0.39, 0.29) is 18.6 Å². The van der Waals surface area contributed by atoms with E-state index >= 15 is 0 Å². The van der Waals surface area contributed by atoms with Gasteiger partial charge in [-0.1, -0.05) is 18.2 Å². The Morgan fingerprint density at radius 1 is 1.35 bits per heavy atom. The quantitative estimate of drug-likeness (QED) is 0.831. The van der Waals surface area contributed by atoms with E-state index in [1.807, 2.05) is 24.3 Å². The molecule has 6 nitrogen and oxygen atoms in total. The van der Waals surface area contributed by atoms with Gasteiger partial charge >= 0.3 is 0 Å². The number of rotatable bonds is 3. The van der Waals surface area contributed by atoms with Crippen molar-refractivity contribution in [3.63, 3.8) is 0 Å². The Hall–Kier alpha value is -2.47. The van der Waals surface area contributed by atoms with Crippen LogP contribution >= 0.6 is 0 Å². The molecule has 1 aromatic carbocycles. The van der Waals surface area contributed by atoms with Crippen LogP contribution < -0.4 is 0 Å². The summed E-state index contributed by atoms with van der Waals surface area (Å²) in [6.45, 7) is 0.467. The fourth-order valence-corrected chi connectivity index (χ4v) is 2.26. The number of hydrogen-bond donors (Lipinski definition) is 1. The summed E-state index contributed by atoms with van der Waals surface area (Å²) in [5.41, 5.74) is 1.41. The van der Waals surface area contributed by atoms with Crippen molar-refractivity contribution in [3.8, 4) is 5.69 Å². The summed E-state index contributed by atoms with van der Waals surface area (Å²) in [5.74, 6) is -0.0935. The molecule has 0 saturated heterocycles. The molecule has 1 N–H and O–H groups in total. The van der Waals surface area contributed by atoms with Gasteiger partial charge in [0.05, 0.1) is 12.6 Å². The number of nitrogens with zero attached hydrogens (tertiary/aromatic N) is 4. The van der Waals surface area contributed by atoms with Gasteiger partial charge in [-0.05, 0) is 18.2 Å². The average molecular weight is 270 g/mol. The second-order valence-electron chi connectivity index (χ2n) is 4.56. The molecule has 0 spiro atoms. The van der Waals surface area contributed by atoms with E-state index in [2.05, 4.69) is 10.2 Å². The van der Waals surface area contributed by atoms with Gasteiger partial charge in [0, 0.05) is 17.8 Å². The van der Waals surface area contributed by atoms with Crippen LogP contribution in [0.25, 0.3) is 5.69 Å². The Labute approximate surface area is 116 Å². The van der Waals surface area contributed by atoms with Crippen molar-refractivity contribution in [2.45, 2.75) is 6.04 Å². The molecule has 0 aliphatic carbocycles. The van der Waals surface area contributed by atoms with Gasteiger partial charge in [0.1, 0.15) is 12.7 Å². The molecule has 1 amide bonds. The van der Waals surface area contributed by atoms with Crippen LogP contribution in [0, 0.1) is 0 Å². The molecular weight excluding hydrogens is 256 g/mol. The van der Waals surface area contributed by atoms with Crippen molar-refractivity contribution in [1.82, 2.24) is 19.7 Å². The largest absolute Gasteiger partial charge is 0.394 e. The van der Waals surface area contributed by atoms with Gasteiger partial charge in [-0.2, -0.15) is 0 Å². The maximum atomic E-state index is 12.5. The summed E-state index contributed by atoms with van der Waals surface area (Å²) < 4.78 is 1.74. The third-order valence-electron chi connectivity index (χ3n) is 3.32. The number of carbonyl (C=O) groups excluding carboxylic acids is 1. The fraction of sp³-hybridized carbons (Fsp3) is 0.214. The molecule has 0 bridgehead atoms. The van der Waals surface area contributed by atoms with Gasteiger partial charge in [0.15, 0.2) is 0 Å². The maximum absolute atomic E-state index is 12.5. The Morgan fingerprint density at radius 3 is 2.90 bits per heavy atom. The standard InChI is InChI=1S/C14H14N4O2/c19-8-13-5-2-6-18(13)14(20)11-3-1-4-12(7-11)17-9-15-16-10-17/h1-5,7,9-10,13,19H,6,8H2/t13-/m1/s1. The smallest absolute Gasteiger partial charge is 0.254 e. The Morgan fingerprint density at radius 2 is 2.15 bits per heavy atom. The molecule has 6 heteroatoms.